The number of hydrogen-bond acceptors (Lipinski definition) is 6. The number of rotatable bonds is 7. The van der Waals surface area contributed by atoms with Crippen molar-refractivity contribution in [2.24, 2.45) is 0 Å². The van der Waals surface area contributed by atoms with Crippen molar-refractivity contribution in [3.63, 3.8) is 0 Å². The van der Waals surface area contributed by atoms with Gasteiger partial charge in [0, 0.05) is 29.7 Å². The lowest BCUT2D eigenvalue weighted by Crippen LogP contribution is -2.09. The summed E-state index contributed by atoms with van der Waals surface area (Å²) in [5.41, 5.74) is 3.95. The smallest absolute Gasteiger partial charge is 0.181 e. The highest BCUT2D eigenvalue weighted by molar-refractivity contribution is 5.76. The quantitative estimate of drug-likeness (QED) is 0.463. The predicted molar refractivity (Wildman–Crippen MR) is 122 cm³/mol. The molecule has 1 aliphatic carbocycles. The Balaban J connectivity index is 1.38. The molecule has 32 heavy (non-hydrogen) atoms. The van der Waals surface area contributed by atoms with Gasteiger partial charge in [-0.2, -0.15) is 5.10 Å². The number of pyridine rings is 1. The molecule has 5 rings (SSSR count). The van der Waals surface area contributed by atoms with Crippen LogP contribution in [0.25, 0.3) is 22.6 Å². The lowest BCUT2D eigenvalue weighted by Gasteiger charge is -2.18. The molecule has 1 fully saturated rings. The van der Waals surface area contributed by atoms with Crippen molar-refractivity contribution in [2.75, 3.05) is 0 Å². The summed E-state index contributed by atoms with van der Waals surface area (Å²) in [7, 11) is 0. The first-order chi connectivity index (χ1) is 15.8. The SMILES string of the molecule is CCCc1nc(C2CCCCC2)nn1Cc1ccc(-c2ncccc2-c2nnn[nH]2)cc1. The number of aromatic nitrogens is 8. The Bertz CT molecular complexity index is 1140. The van der Waals surface area contributed by atoms with Gasteiger partial charge in [-0.15, -0.1) is 5.10 Å². The molecule has 8 nitrogen and oxygen atoms in total. The van der Waals surface area contributed by atoms with Gasteiger partial charge < -0.3 is 0 Å². The van der Waals surface area contributed by atoms with E-state index in [1.165, 1.54) is 37.7 Å². The van der Waals surface area contributed by atoms with Crippen molar-refractivity contribution in [1.29, 1.82) is 0 Å². The Morgan fingerprint density at radius 3 is 2.66 bits per heavy atom. The second-order valence-electron chi connectivity index (χ2n) is 8.48. The standard InChI is InChI=1S/C24H28N8/c1-2-7-21-26-23(19-8-4-3-5-9-19)29-32(21)16-17-11-13-18(14-12-17)22-20(10-6-15-25-22)24-27-30-31-28-24/h6,10-15,19H,2-5,7-9,16H2,1H3,(H,27,28,30,31). The van der Waals surface area contributed by atoms with E-state index in [-0.39, 0.29) is 0 Å². The summed E-state index contributed by atoms with van der Waals surface area (Å²) >= 11 is 0. The van der Waals surface area contributed by atoms with E-state index < -0.39 is 0 Å². The van der Waals surface area contributed by atoms with Gasteiger partial charge in [-0.1, -0.05) is 50.5 Å². The fourth-order valence-electron chi connectivity index (χ4n) is 4.50. The van der Waals surface area contributed by atoms with Gasteiger partial charge in [0.15, 0.2) is 11.6 Å². The fraction of sp³-hybridized carbons (Fsp3) is 0.417. The lowest BCUT2D eigenvalue weighted by atomic mass is 9.89. The van der Waals surface area contributed by atoms with E-state index in [0.717, 1.165) is 47.9 Å². The van der Waals surface area contributed by atoms with Gasteiger partial charge in [-0.05, 0) is 47.4 Å². The van der Waals surface area contributed by atoms with Gasteiger partial charge in [0.2, 0.25) is 0 Å². The van der Waals surface area contributed by atoms with Crippen molar-refractivity contribution in [2.45, 2.75) is 64.3 Å². The molecule has 0 spiro atoms. The Morgan fingerprint density at radius 2 is 1.91 bits per heavy atom. The van der Waals surface area contributed by atoms with Crippen LogP contribution in [0.1, 0.15) is 68.6 Å². The van der Waals surface area contributed by atoms with Gasteiger partial charge in [0.05, 0.1) is 12.2 Å². The molecule has 4 aromatic rings. The Kier molecular flexibility index (Phi) is 6.00. The first kappa shape index (κ1) is 20.5. The van der Waals surface area contributed by atoms with Crippen LogP contribution < -0.4 is 0 Å². The highest BCUT2D eigenvalue weighted by Gasteiger charge is 2.21. The van der Waals surface area contributed by atoms with E-state index in [1.807, 2.05) is 12.1 Å². The molecule has 0 aliphatic heterocycles. The molecular formula is C24H28N8. The second kappa shape index (κ2) is 9.38. The van der Waals surface area contributed by atoms with Crippen LogP contribution in [0.15, 0.2) is 42.6 Å². The van der Waals surface area contributed by atoms with E-state index in [1.54, 1.807) is 6.20 Å². The minimum absolute atomic E-state index is 0.524. The number of H-pyrrole nitrogens is 1. The Morgan fingerprint density at radius 1 is 1.06 bits per heavy atom. The number of nitrogens with zero attached hydrogens (tertiary/aromatic N) is 7. The largest absolute Gasteiger partial charge is 0.255 e. The molecular weight excluding hydrogens is 400 g/mol. The van der Waals surface area contributed by atoms with Crippen molar-refractivity contribution >= 4 is 0 Å². The second-order valence-corrected chi connectivity index (χ2v) is 8.48. The van der Waals surface area contributed by atoms with Gasteiger partial charge >= 0.3 is 0 Å². The molecule has 1 aromatic carbocycles. The van der Waals surface area contributed by atoms with Crippen LogP contribution in [-0.2, 0) is 13.0 Å². The number of benzene rings is 1. The third kappa shape index (κ3) is 4.30. The molecule has 1 saturated carbocycles. The summed E-state index contributed by atoms with van der Waals surface area (Å²) in [5.74, 6) is 3.28. The zero-order chi connectivity index (χ0) is 21.8. The number of aromatic amines is 1. The molecule has 0 unspecified atom stereocenters. The molecule has 0 radical (unpaired) electrons. The third-order valence-electron chi connectivity index (χ3n) is 6.18. The van der Waals surface area contributed by atoms with Gasteiger partial charge in [-0.3, -0.25) is 4.98 Å². The summed E-state index contributed by atoms with van der Waals surface area (Å²) in [6, 6.07) is 12.3. The normalized spacial score (nSPS) is 14.7. The zero-order valence-corrected chi connectivity index (χ0v) is 18.4. The predicted octanol–water partition coefficient (Wildman–Crippen LogP) is 4.57. The van der Waals surface area contributed by atoms with Gasteiger partial charge in [0.1, 0.15) is 5.82 Å². The lowest BCUT2D eigenvalue weighted by molar-refractivity contribution is 0.426. The summed E-state index contributed by atoms with van der Waals surface area (Å²) in [5, 5.41) is 19.2. The van der Waals surface area contributed by atoms with Crippen LogP contribution in [0, 0.1) is 0 Å². The summed E-state index contributed by atoms with van der Waals surface area (Å²) < 4.78 is 2.11. The summed E-state index contributed by atoms with van der Waals surface area (Å²) in [6.07, 6.45) is 10.2. The first-order valence-corrected chi connectivity index (χ1v) is 11.5. The van der Waals surface area contributed by atoms with E-state index >= 15 is 0 Å². The molecule has 0 amide bonds. The number of nitrogens with one attached hydrogen (secondary N) is 1. The van der Waals surface area contributed by atoms with Crippen LogP contribution in [-0.4, -0.2) is 40.4 Å². The van der Waals surface area contributed by atoms with Gasteiger partial charge in [-0.25, -0.2) is 14.8 Å². The van der Waals surface area contributed by atoms with Crippen LogP contribution in [0.3, 0.4) is 0 Å². The van der Waals surface area contributed by atoms with Crippen LogP contribution in [0.5, 0.6) is 0 Å². The molecule has 0 atom stereocenters. The maximum Gasteiger partial charge on any atom is 0.181 e. The Labute approximate surface area is 187 Å². The van der Waals surface area contributed by atoms with E-state index in [0.29, 0.717) is 11.7 Å². The monoisotopic (exact) mass is 428 g/mol. The molecule has 8 heteroatoms. The highest BCUT2D eigenvalue weighted by atomic mass is 15.5. The maximum atomic E-state index is 4.94. The van der Waals surface area contributed by atoms with E-state index in [9.17, 15) is 0 Å². The molecule has 1 N–H and O–H groups in total. The van der Waals surface area contributed by atoms with Crippen LogP contribution in [0.4, 0.5) is 0 Å². The molecule has 164 valence electrons. The highest BCUT2D eigenvalue weighted by Crippen LogP contribution is 2.31. The first-order valence-electron chi connectivity index (χ1n) is 11.5. The van der Waals surface area contributed by atoms with E-state index in [2.05, 4.69) is 61.5 Å². The minimum Gasteiger partial charge on any atom is -0.255 e. The Hall–Kier alpha value is -3.42. The summed E-state index contributed by atoms with van der Waals surface area (Å²) in [4.78, 5) is 9.51. The number of aryl methyl sites for hydroxylation is 1. The molecule has 3 aromatic heterocycles. The minimum atomic E-state index is 0.524. The molecule has 0 saturated heterocycles. The van der Waals surface area contributed by atoms with Crippen molar-refractivity contribution in [3.8, 4) is 22.6 Å². The topological polar surface area (TPSA) is 98.1 Å². The average Bonchev–Trinajstić information content (AvgIpc) is 3.51. The van der Waals surface area contributed by atoms with Gasteiger partial charge in [0.25, 0.3) is 0 Å². The number of hydrogen-bond donors (Lipinski definition) is 1. The van der Waals surface area contributed by atoms with Crippen LogP contribution >= 0.6 is 0 Å². The molecule has 1 aliphatic rings. The van der Waals surface area contributed by atoms with E-state index in [4.69, 9.17) is 10.1 Å². The molecule has 0 bridgehead atoms. The third-order valence-corrected chi connectivity index (χ3v) is 6.18. The van der Waals surface area contributed by atoms with Crippen molar-refractivity contribution in [1.82, 2.24) is 40.4 Å². The average molecular weight is 429 g/mol. The van der Waals surface area contributed by atoms with Crippen LogP contribution in [0.2, 0.25) is 0 Å². The number of tetrazole rings is 1. The fourth-order valence-corrected chi connectivity index (χ4v) is 4.50. The maximum absolute atomic E-state index is 4.94. The summed E-state index contributed by atoms with van der Waals surface area (Å²) in [6.45, 7) is 2.93. The van der Waals surface area contributed by atoms with Crippen molar-refractivity contribution < 1.29 is 0 Å². The van der Waals surface area contributed by atoms with Crippen molar-refractivity contribution in [3.05, 3.63) is 59.8 Å². The molecule has 3 heterocycles. The zero-order valence-electron chi connectivity index (χ0n) is 18.4.